The van der Waals surface area contributed by atoms with Crippen LogP contribution in [0.15, 0.2) is 0 Å². The molecule has 0 saturated carbocycles. The highest BCUT2D eigenvalue weighted by molar-refractivity contribution is 5.77. The molecule has 0 fully saturated rings. The van der Waals surface area contributed by atoms with E-state index >= 15 is 0 Å². The summed E-state index contributed by atoms with van der Waals surface area (Å²) < 4.78 is 9.79. The Hall–Kier alpha value is -1.26. The van der Waals surface area contributed by atoms with Crippen LogP contribution >= 0.6 is 0 Å². The smallest absolute Gasteiger partial charge is 0.410 e. The summed E-state index contributed by atoms with van der Waals surface area (Å²) in [4.78, 5) is 23.8. The SMILES string of the molecule is CCCCCCCOC(=O)CN(C)C(=O)OCC. The van der Waals surface area contributed by atoms with Gasteiger partial charge in [0.05, 0.1) is 13.2 Å². The van der Waals surface area contributed by atoms with Crippen LogP contribution in [-0.2, 0) is 14.3 Å². The maximum atomic E-state index is 11.4. The second-order valence-electron chi connectivity index (χ2n) is 4.19. The van der Waals surface area contributed by atoms with Gasteiger partial charge in [0.1, 0.15) is 6.54 Å². The third kappa shape index (κ3) is 8.84. The first kappa shape index (κ1) is 16.7. The standard InChI is InChI=1S/C13H25NO4/c1-4-6-7-8-9-10-18-12(15)11-14(3)13(16)17-5-2/h4-11H2,1-3H3. The number of unbranched alkanes of at least 4 members (excludes halogenated alkanes) is 4. The summed E-state index contributed by atoms with van der Waals surface area (Å²) in [6.45, 7) is 4.55. The van der Waals surface area contributed by atoms with Crippen LogP contribution in [0.25, 0.3) is 0 Å². The Bertz CT molecular complexity index is 243. The number of nitrogens with zero attached hydrogens (tertiary/aromatic N) is 1. The van der Waals surface area contributed by atoms with Crippen LogP contribution in [0.2, 0.25) is 0 Å². The van der Waals surface area contributed by atoms with E-state index in [-0.39, 0.29) is 12.5 Å². The maximum Gasteiger partial charge on any atom is 0.410 e. The highest BCUT2D eigenvalue weighted by Crippen LogP contribution is 2.02. The Kier molecular flexibility index (Phi) is 10.1. The van der Waals surface area contributed by atoms with Crippen molar-refractivity contribution in [1.82, 2.24) is 4.90 Å². The third-order valence-electron chi connectivity index (χ3n) is 2.46. The number of ether oxygens (including phenoxy) is 2. The van der Waals surface area contributed by atoms with Crippen LogP contribution in [0, 0.1) is 0 Å². The lowest BCUT2D eigenvalue weighted by Gasteiger charge is -2.15. The molecule has 0 bridgehead atoms. The number of likely N-dealkylation sites (N-methyl/N-ethyl adjacent to an activating group) is 1. The fraction of sp³-hybridized carbons (Fsp3) is 0.846. The lowest BCUT2D eigenvalue weighted by molar-refractivity contribution is -0.144. The van der Waals surface area contributed by atoms with Gasteiger partial charge in [-0.15, -0.1) is 0 Å². The quantitative estimate of drug-likeness (QED) is 0.472. The average Bonchev–Trinajstić information content (AvgIpc) is 2.33. The van der Waals surface area contributed by atoms with Gasteiger partial charge >= 0.3 is 12.1 Å². The van der Waals surface area contributed by atoms with Gasteiger partial charge in [0, 0.05) is 7.05 Å². The molecule has 0 atom stereocenters. The Labute approximate surface area is 109 Å². The van der Waals surface area contributed by atoms with Crippen molar-refractivity contribution >= 4 is 12.1 Å². The van der Waals surface area contributed by atoms with Crippen LogP contribution in [0.5, 0.6) is 0 Å². The minimum Gasteiger partial charge on any atom is -0.464 e. The zero-order valence-electron chi connectivity index (χ0n) is 11.7. The number of rotatable bonds is 9. The molecule has 0 unspecified atom stereocenters. The Balaban J connectivity index is 3.55. The number of hydrogen-bond acceptors (Lipinski definition) is 4. The lowest BCUT2D eigenvalue weighted by Crippen LogP contribution is -2.33. The van der Waals surface area contributed by atoms with Gasteiger partial charge in [-0.05, 0) is 13.3 Å². The predicted molar refractivity (Wildman–Crippen MR) is 69.4 cm³/mol. The molecule has 0 rings (SSSR count). The molecule has 0 aromatic heterocycles. The van der Waals surface area contributed by atoms with Gasteiger partial charge in [0.15, 0.2) is 0 Å². The van der Waals surface area contributed by atoms with Crippen molar-refractivity contribution in [1.29, 1.82) is 0 Å². The fourth-order valence-corrected chi connectivity index (χ4v) is 1.43. The molecule has 0 aliphatic carbocycles. The molecule has 0 N–H and O–H groups in total. The zero-order chi connectivity index (χ0) is 13.8. The lowest BCUT2D eigenvalue weighted by atomic mass is 10.2. The topological polar surface area (TPSA) is 55.8 Å². The number of amides is 1. The number of carbonyl (C=O) groups excluding carboxylic acids is 2. The maximum absolute atomic E-state index is 11.4. The minimum atomic E-state index is -0.502. The first-order chi connectivity index (χ1) is 8.61. The van der Waals surface area contributed by atoms with Crippen molar-refractivity contribution < 1.29 is 19.1 Å². The first-order valence-corrected chi connectivity index (χ1v) is 6.65. The molecule has 0 heterocycles. The molecular weight excluding hydrogens is 234 g/mol. The highest BCUT2D eigenvalue weighted by Gasteiger charge is 2.14. The number of hydrogen-bond donors (Lipinski definition) is 0. The van der Waals surface area contributed by atoms with Crippen molar-refractivity contribution in [3.63, 3.8) is 0 Å². The van der Waals surface area contributed by atoms with E-state index in [4.69, 9.17) is 9.47 Å². The van der Waals surface area contributed by atoms with Gasteiger partial charge in [-0.1, -0.05) is 32.6 Å². The van der Waals surface area contributed by atoms with Crippen LogP contribution in [0.1, 0.15) is 46.0 Å². The number of carbonyl (C=O) groups is 2. The van der Waals surface area contributed by atoms with Crippen molar-refractivity contribution in [3.05, 3.63) is 0 Å². The van der Waals surface area contributed by atoms with E-state index in [9.17, 15) is 9.59 Å². The molecule has 0 radical (unpaired) electrons. The molecule has 18 heavy (non-hydrogen) atoms. The Morgan fingerprint density at radius 2 is 1.67 bits per heavy atom. The van der Waals surface area contributed by atoms with E-state index in [1.807, 2.05) is 0 Å². The van der Waals surface area contributed by atoms with E-state index in [1.165, 1.54) is 31.2 Å². The molecule has 0 saturated heterocycles. The molecule has 106 valence electrons. The van der Waals surface area contributed by atoms with Crippen LogP contribution in [0.4, 0.5) is 4.79 Å². The average molecular weight is 259 g/mol. The third-order valence-corrected chi connectivity index (χ3v) is 2.46. The summed E-state index contributed by atoms with van der Waals surface area (Å²) in [5.41, 5.74) is 0. The zero-order valence-corrected chi connectivity index (χ0v) is 11.7. The minimum absolute atomic E-state index is 0.0617. The molecule has 0 aliphatic rings. The molecule has 5 nitrogen and oxygen atoms in total. The molecule has 1 amide bonds. The first-order valence-electron chi connectivity index (χ1n) is 6.65. The van der Waals surface area contributed by atoms with Crippen LogP contribution in [0.3, 0.4) is 0 Å². The van der Waals surface area contributed by atoms with Gasteiger partial charge in [-0.2, -0.15) is 0 Å². The van der Waals surface area contributed by atoms with Gasteiger partial charge in [0.25, 0.3) is 0 Å². The molecule has 0 spiro atoms. The second-order valence-corrected chi connectivity index (χ2v) is 4.19. The van der Waals surface area contributed by atoms with E-state index in [1.54, 1.807) is 6.92 Å². The fourth-order valence-electron chi connectivity index (χ4n) is 1.43. The van der Waals surface area contributed by atoms with E-state index in [0.717, 1.165) is 12.8 Å². The van der Waals surface area contributed by atoms with Gasteiger partial charge in [0.2, 0.25) is 0 Å². The Morgan fingerprint density at radius 3 is 2.28 bits per heavy atom. The number of esters is 1. The Morgan fingerprint density at radius 1 is 1.00 bits per heavy atom. The second kappa shape index (κ2) is 10.9. The molecule has 0 aromatic rings. The van der Waals surface area contributed by atoms with Gasteiger partial charge < -0.3 is 14.4 Å². The predicted octanol–water partition coefficient (Wildman–Crippen LogP) is 2.59. The van der Waals surface area contributed by atoms with Crippen LogP contribution in [-0.4, -0.2) is 43.8 Å². The summed E-state index contributed by atoms with van der Waals surface area (Å²) in [7, 11) is 1.51. The molecule has 0 aromatic carbocycles. The molecular formula is C13H25NO4. The highest BCUT2D eigenvalue weighted by atomic mass is 16.6. The van der Waals surface area contributed by atoms with Crippen LogP contribution < -0.4 is 0 Å². The molecule has 0 aliphatic heterocycles. The summed E-state index contributed by atoms with van der Waals surface area (Å²) >= 11 is 0. The van der Waals surface area contributed by atoms with Crippen molar-refractivity contribution in [2.75, 3.05) is 26.8 Å². The van der Waals surface area contributed by atoms with Gasteiger partial charge in [-0.3, -0.25) is 4.79 Å². The summed E-state index contributed by atoms with van der Waals surface area (Å²) in [6, 6.07) is 0. The van der Waals surface area contributed by atoms with E-state index in [2.05, 4.69) is 6.92 Å². The van der Waals surface area contributed by atoms with Gasteiger partial charge in [-0.25, -0.2) is 4.79 Å². The summed E-state index contributed by atoms with van der Waals surface area (Å²) in [5.74, 6) is -0.388. The van der Waals surface area contributed by atoms with Crippen molar-refractivity contribution in [3.8, 4) is 0 Å². The molecule has 5 heteroatoms. The van der Waals surface area contributed by atoms with E-state index in [0.29, 0.717) is 13.2 Å². The monoisotopic (exact) mass is 259 g/mol. The normalized spacial score (nSPS) is 9.94. The summed E-state index contributed by atoms with van der Waals surface area (Å²) in [5, 5.41) is 0. The van der Waals surface area contributed by atoms with E-state index < -0.39 is 6.09 Å². The summed E-state index contributed by atoms with van der Waals surface area (Å²) in [6.07, 6.45) is 5.06. The van der Waals surface area contributed by atoms with Crippen molar-refractivity contribution in [2.24, 2.45) is 0 Å². The largest absolute Gasteiger partial charge is 0.464 e. The van der Waals surface area contributed by atoms with Crippen molar-refractivity contribution in [2.45, 2.75) is 46.0 Å².